The predicted octanol–water partition coefficient (Wildman–Crippen LogP) is 0.616. The number of alkyl halides is 1. The van der Waals surface area contributed by atoms with E-state index in [4.69, 9.17) is 25.5 Å². The lowest BCUT2D eigenvalue weighted by atomic mass is 10.6. The van der Waals surface area contributed by atoms with Crippen molar-refractivity contribution < 1.29 is 13.9 Å². The lowest BCUT2D eigenvalue weighted by molar-refractivity contribution is -0.123. The van der Waals surface area contributed by atoms with Crippen molar-refractivity contribution in [1.29, 1.82) is 0 Å². The molecule has 0 saturated carbocycles. The third kappa shape index (κ3) is 14.7. The van der Waals surface area contributed by atoms with Crippen LogP contribution < -0.4 is 0 Å². The Labute approximate surface area is 131 Å². The number of hydrogen-bond donors (Lipinski definition) is 0. The number of halogens is 1. The molecule has 0 saturated heterocycles. The first-order valence-corrected chi connectivity index (χ1v) is 9.33. The molecule has 0 bridgehead atoms. The molecule has 0 aliphatic heterocycles. The molecule has 0 N–H and O–H groups in total. The van der Waals surface area contributed by atoms with Gasteiger partial charge in [0.1, 0.15) is 0 Å². The first-order valence-electron chi connectivity index (χ1n) is 7.22. The molecule has 0 aromatic carbocycles. The van der Waals surface area contributed by atoms with Crippen LogP contribution >= 0.6 is 11.6 Å². The first kappa shape index (κ1) is 20.3. The van der Waals surface area contributed by atoms with E-state index in [2.05, 4.69) is 9.80 Å². The highest BCUT2D eigenvalue weighted by Crippen LogP contribution is 2.00. The summed E-state index contributed by atoms with van der Waals surface area (Å²) in [6, 6.07) is 1.09. The number of likely N-dealkylation sites (N-methyl/N-ethyl adjacent to an activating group) is 2. The van der Waals surface area contributed by atoms with E-state index in [1.165, 1.54) is 0 Å². The van der Waals surface area contributed by atoms with Crippen LogP contribution in [0, 0.1) is 0 Å². The van der Waals surface area contributed by atoms with Gasteiger partial charge in [-0.1, -0.05) is 0 Å². The number of ether oxygens (including phenoxy) is 2. The molecule has 1 unspecified atom stereocenters. The molecule has 0 spiro atoms. The summed E-state index contributed by atoms with van der Waals surface area (Å²) in [7, 11) is 7.57. The van der Waals surface area contributed by atoms with Gasteiger partial charge in [-0.15, -0.1) is 11.6 Å². The van der Waals surface area contributed by atoms with Crippen LogP contribution in [-0.2, 0) is 13.9 Å². The molecule has 0 aliphatic rings. The minimum atomic E-state index is -0.558. The van der Waals surface area contributed by atoms with Crippen molar-refractivity contribution in [1.82, 2.24) is 9.80 Å². The van der Waals surface area contributed by atoms with Crippen molar-refractivity contribution in [2.24, 2.45) is 0 Å². The molecule has 0 radical (unpaired) electrons. The van der Waals surface area contributed by atoms with Crippen LogP contribution in [0.3, 0.4) is 0 Å². The molecule has 0 aromatic rings. The van der Waals surface area contributed by atoms with E-state index in [-0.39, 0.29) is 6.29 Å². The molecule has 20 heavy (non-hydrogen) atoms. The van der Waals surface area contributed by atoms with Crippen LogP contribution in [-0.4, -0.2) is 92.8 Å². The summed E-state index contributed by atoms with van der Waals surface area (Å²) in [5, 5.41) is 0. The lowest BCUT2D eigenvalue weighted by Gasteiger charge is -2.20. The zero-order chi connectivity index (χ0) is 15.2. The van der Waals surface area contributed by atoms with Gasteiger partial charge in [-0.25, -0.2) is 0 Å². The third-order valence-electron chi connectivity index (χ3n) is 2.61. The average Bonchev–Trinajstić information content (AvgIpc) is 2.38. The zero-order valence-corrected chi connectivity index (χ0v) is 15.6. The van der Waals surface area contributed by atoms with Gasteiger partial charge in [0.15, 0.2) is 16.1 Å². The fourth-order valence-electron chi connectivity index (χ4n) is 1.35. The van der Waals surface area contributed by atoms with Crippen molar-refractivity contribution in [2.45, 2.75) is 18.8 Å². The summed E-state index contributed by atoms with van der Waals surface area (Å²) in [5.41, 5.74) is 0. The fraction of sp³-hybridized carbons (Fsp3) is 1.00. The molecule has 0 heterocycles. The van der Waals surface area contributed by atoms with Crippen molar-refractivity contribution >= 4 is 21.4 Å². The van der Waals surface area contributed by atoms with Crippen LogP contribution in [0.1, 0.15) is 6.42 Å². The highest BCUT2D eigenvalue weighted by molar-refractivity contribution is 6.27. The van der Waals surface area contributed by atoms with E-state index in [9.17, 15) is 0 Å². The predicted molar refractivity (Wildman–Crippen MR) is 87.4 cm³/mol. The van der Waals surface area contributed by atoms with E-state index in [0.29, 0.717) is 25.7 Å². The number of nitrogens with zero attached hydrogens (tertiary/aromatic N) is 2. The molecule has 1 atom stereocenters. The van der Waals surface area contributed by atoms with Crippen LogP contribution in [0.25, 0.3) is 0 Å². The van der Waals surface area contributed by atoms with Gasteiger partial charge >= 0.3 is 0 Å². The van der Waals surface area contributed by atoms with Gasteiger partial charge in [-0.3, -0.25) is 0 Å². The highest BCUT2D eigenvalue weighted by atomic mass is 35.5. The Hall–Kier alpha value is 0.307. The van der Waals surface area contributed by atoms with Gasteiger partial charge < -0.3 is 23.7 Å². The number of hydrogen-bond acceptors (Lipinski definition) is 5. The van der Waals surface area contributed by atoms with Gasteiger partial charge in [0.25, 0.3) is 0 Å². The van der Waals surface area contributed by atoms with Crippen LogP contribution in [0.5, 0.6) is 0 Å². The molecular weight excluding hydrogens is 296 g/mol. The summed E-state index contributed by atoms with van der Waals surface area (Å²) < 4.78 is 17.2. The van der Waals surface area contributed by atoms with E-state index in [0.717, 1.165) is 25.6 Å². The molecule has 0 aliphatic carbocycles. The zero-order valence-electron chi connectivity index (χ0n) is 13.4. The fourth-order valence-corrected chi connectivity index (χ4v) is 2.93. The van der Waals surface area contributed by atoms with Gasteiger partial charge in [-0.2, -0.15) is 0 Å². The molecule has 0 amide bonds. The van der Waals surface area contributed by atoms with Gasteiger partial charge in [-0.05, 0) is 40.7 Å². The van der Waals surface area contributed by atoms with Crippen molar-refractivity contribution in [2.75, 3.05) is 67.0 Å². The second kappa shape index (κ2) is 14.3. The summed E-state index contributed by atoms with van der Waals surface area (Å²) in [4.78, 5) is 4.19. The van der Waals surface area contributed by atoms with Crippen molar-refractivity contribution in [3.8, 4) is 0 Å². The quantitative estimate of drug-likeness (QED) is 0.202. The monoisotopic (exact) mass is 326 g/mol. The highest BCUT2D eigenvalue weighted by Gasteiger charge is 2.10. The van der Waals surface area contributed by atoms with E-state index < -0.39 is 9.76 Å². The maximum Gasteiger partial charge on any atom is 0.171 e. The minimum absolute atomic E-state index is 0.223. The summed E-state index contributed by atoms with van der Waals surface area (Å²) >= 11 is 5.67. The SMILES string of the molecule is CN(C)CCOCC(OCCN(C)C)O[SiH2]CCCCl. The van der Waals surface area contributed by atoms with Crippen LogP contribution in [0.2, 0.25) is 6.04 Å². The maximum atomic E-state index is 5.83. The average molecular weight is 327 g/mol. The Morgan fingerprint density at radius 2 is 1.70 bits per heavy atom. The van der Waals surface area contributed by atoms with Gasteiger partial charge in [0.2, 0.25) is 0 Å². The lowest BCUT2D eigenvalue weighted by Crippen LogP contribution is -2.30. The molecule has 0 rings (SSSR count). The summed E-state index contributed by atoms with van der Waals surface area (Å²) in [5.74, 6) is 0.710. The standard InChI is InChI=1S/C13H31ClN2O3Si/c1-15(2)7-9-17-12-13(18-10-8-16(3)4)19-20-11-5-6-14/h13H,5-12,20H2,1-4H3. The molecule has 5 nitrogen and oxygen atoms in total. The molecule has 0 fully saturated rings. The topological polar surface area (TPSA) is 34.2 Å². The first-order chi connectivity index (χ1) is 9.56. The van der Waals surface area contributed by atoms with E-state index in [1.54, 1.807) is 0 Å². The number of rotatable bonds is 14. The van der Waals surface area contributed by atoms with Gasteiger partial charge in [0, 0.05) is 19.0 Å². The normalized spacial score (nSPS) is 13.9. The second-order valence-electron chi connectivity index (χ2n) is 5.25. The summed E-state index contributed by atoms with van der Waals surface area (Å²) in [6.07, 6.45) is 0.804. The van der Waals surface area contributed by atoms with Gasteiger partial charge in [0.05, 0.1) is 19.8 Å². The Balaban J connectivity index is 3.78. The Bertz CT molecular complexity index is 212. The Morgan fingerprint density at radius 1 is 1.05 bits per heavy atom. The molecule has 7 heteroatoms. The minimum Gasteiger partial charge on any atom is -0.398 e. The molecular formula is C13H31ClN2O3Si. The van der Waals surface area contributed by atoms with E-state index in [1.807, 2.05) is 28.2 Å². The summed E-state index contributed by atoms with van der Waals surface area (Å²) in [6.45, 7) is 3.68. The Kier molecular flexibility index (Phi) is 14.5. The third-order valence-corrected chi connectivity index (χ3v) is 4.27. The van der Waals surface area contributed by atoms with Crippen LogP contribution in [0.15, 0.2) is 0 Å². The largest absolute Gasteiger partial charge is 0.398 e. The molecule has 0 aromatic heterocycles. The maximum absolute atomic E-state index is 5.83. The van der Waals surface area contributed by atoms with Crippen molar-refractivity contribution in [3.05, 3.63) is 0 Å². The molecule has 122 valence electrons. The van der Waals surface area contributed by atoms with Crippen molar-refractivity contribution in [3.63, 3.8) is 0 Å². The Morgan fingerprint density at radius 3 is 2.30 bits per heavy atom. The smallest absolute Gasteiger partial charge is 0.171 e. The second-order valence-corrected chi connectivity index (χ2v) is 7.08. The van der Waals surface area contributed by atoms with Crippen LogP contribution in [0.4, 0.5) is 0 Å². The van der Waals surface area contributed by atoms with E-state index >= 15 is 0 Å².